The molecule has 5 heteroatoms. The van der Waals surface area contributed by atoms with Gasteiger partial charge in [-0.2, -0.15) is 13.2 Å². The molecule has 1 aromatic rings. The highest BCUT2D eigenvalue weighted by Crippen LogP contribution is 2.22. The van der Waals surface area contributed by atoms with Crippen LogP contribution in [0.15, 0.2) is 23.6 Å². The van der Waals surface area contributed by atoms with Crippen molar-refractivity contribution in [2.75, 3.05) is 0 Å². The molecule has 0 saturated carbocycles. The summed E-state index contributed by atoms with van der Waals surface area (Å²) in [5.74, 6) is 0. The average Bonchev–Trinajstić information content (AvgIpc) is 2.50. The van der Waals surface area contributed by atoms with Gasteiger partial charge in [0, 0.05) is 4.88 Å². The van der Waals surface area contributed by atoms with E-state index in [-0.39, 0.29) is 0 Å². The second-order valence-corrected chi connectivity index (χ2v) is 3.34. The number of aliphatic hydroxyl groups excluding tert-OH is 1. The van der Waals surface area contributed by atoms with Gasteiger partial charge in [-0.25, -0.2) is 0 Å². The first-order valence-electron chi connectivity index (χ1n) is 3.46. The van der Waals surface area contributed by atoms with Crippen molar-refractivity contribution >= 4 is 17.4 Å². The normalized spacial score (nSPS) is 15.1. The van der Waals surface area contributed by atoms with Crippen LogP contribution in [0.4, 0.5) is 13.2 Å². The van der Waals surface area contributed by atoms with Crippen LogP contribution >= 0.6 is 11.3 Å². The zero-order valence-corrected chi connectivity index (χ0v) is 7.27. The molecule has 1 unspecified atom stereocenters. The van der Waals surface area contributed by atoms with Gasteiger partial charge in [0.1, 0.15) is 0 Å². The van der Waals surface area contributed by atoms with Crippen LogP contribution in [0.1, 0.15) is 4.88 Å². The van der Waals surface area contributed by atoms with Crippen LogP contribution in [0.2, 0.25) is 0 Å². The number of hydrogen-bond donors (Lipinski definition) is 1. The molecule has 0 bridgehead atoms. The minimum atomic E-state index is -4.58. The molecule has 0 saturated heterocycles. The Bertz CT molecular complexity index is 276. The maximum Gasteiger partial charge on any atom is 0.417 e. The SMILES string of the molecule is OC(/C=C/c1cccs1)C(F)(F)F. The first-order valence-corrected chi connectivity index (χ1v) is 4.34. The third-order valence-electron chi connectivity index (χ3n) is 1.32. The van der Waals surface area contributed by atoms with Gasteiger partial charge in [-0.1, -0.05) is 6.07 Å². The summed E-state index contributed by atoms with van der Waals surface area (Å²) in [6, 6.07) is 3.40. The molecule has 0 spiro atoms. The molecule has 0 amide bonds. The van der Waals surface area contributed by atoms with E-state index in [0.29, 0.717) is 4.88 Å². The van der Waals surface area contributed by atoms with Gasteiger partial charge in [0.05, 0.1) is 0 Å². The molecule has 72 valence electrons. The second kappa shape index (κ2) is 3.93. The zero-order valence-electron chi connectivity index (χ0n) is 6.45. The van der Waals surface area contributed by atoms with Crippen molar-refractivity contribution in [3.05, 3.63) is 28.5 Å². The van der Waals surface area contributed by atoms with E-state index in [1.165, 1.54) is 17.4 Å². The Balaban J connectivity index is 2.59. The topological polar surface area (TPSA) is 20.2 Å². The lowest BCUT2D eigenvalue weighted by molar-refractivity contribution is -0.187. The van der Waals surface area contributed by atoms with Gasteiger partial charge in [-0.05, 0) is 23.6 Å². The summed E-state index contributed by atoms with van der Waals surface area (Å²) < 4.78 is 35.3. The van der Waals surface area contributed by atoms with E-state index < -0.39 is 12.3 Å². The monoisotopic (exact) mass is 208 g/mol. The van der Waals surface area contributed by atoms with Crippen LogP contribution in [-0.4, -0.2) is 17.4 Å². The van der Waals surface area contributed by atoms with Crippen LogP contribution in [0.3, 0.4) is 0 Å². The van der Waals surface area contributed by atoms with Gasteiger partial charge >= 0.3 is 6.18 Å². The summed E-state index contributed by atoms with van der Waals surface area (Å²) in [6.07, 6.45) is -4.97. The summed E-state index contributed by atoms with van der Waals surface area (Å²) in [5.41, 5.74) is 0. The lowest BCUT2D eigenvalue weighted by Gasteiger charge is -2.08. The van der Waals surface area contributed by atoms with Crippen LogP contribution in [-0.2, 0) is 0 Å². The number of aliphatic hydroxyl groups is 1. The smallest absolute Gasteiger partial charge is 0.380 e. The van der Waals surface area contributed by atoms with Crippen LogP contribution in [0, 0.1) is 0 Å². The first kappa shape index (κ1) is 10.3. The molecule has 1 N–H and O–H groups in total. The molecule has 1 heterocycles. The van der Waals surface area contributed by atoms with Gasteiger partial charge in [0.2, 0.25) is 0 Å². The molecule has 0 aromatic carbocycles. The van der Waals surface area contributed by atoms with E-state index in [9.17, 15) is 13.2 Å². The fourth-order valence-electron chi connectivity index (χ4n) is 0.681. The van der Waals surface area contributed by atoms with E-state index in [0.717, 1.165) is 6.08 Å². The Morgan fingerprint density at radius 2 is 2.15 bits per heavy atom. The molecular formula is C8H7F3OS. The predicted octanol–water partition coefficient (Wildman–Crippen LogP) is 2.68. The van der Waals surface area contributed by atoms with Crippen molar-refractivity contribution in [3.8, 4) is 0 Å². The molecule has 0 radical (unpaired) electrons. The van der Waals surface area contributed by atoms with Crippen LogP contribution in [0.5, 0.6) is 0 Å². The molecule has 0 aliphatic carbocycles. The maximum absolute atomic E-state index is 11.8. The van der Waals surface area contributed by atoms with Crippen molar-refractivity contribution in [2.45, 2.75) is 12.3 Å². The number of hydrogen-bond acceptors (Lipinski definition) is 2. The first-order chi connectivity index (χ1) is 6.00. The van der Waals surface area contributed by atoms with Crippen LogP contribution in [0.25, 0.3) is 6.08 Å². The molecule has 0 aliphatic rings. The molecular weight excluding hydrogens is 201 g/mol. The molecule has 1 aromatic heterocycles. The number of rotatable bonds is 2. The van der Waals surface area contributed by atoms with Gasteiger partial charge < -0.3 is 5.11 Å². The largest absolute Gasteiger partial charge is 0.417 e. The van der Waals surface area contributed by atoms with E-state index in [1.807, 2.05) is 0 Å². The summed E-state index contributed by atoms with van der Waals surface area (Å²) >= 11 is 1.31. The van der Waals surface area contributed by atoms with E-state index in [4.69, 9.17) is 5.11 Å². The molecule has 1 nitrogen and oxygen atoms in total. The minimum Gasteiger partial charge on any atom is -0.380 e. The Morgan fingerprint density at radius 3 is 2.62 bits per heavy atom. The number of halogens is 3. The summed E-state index contributed by atoms with van der Waals surface area (Å²) in [7, 11) is 0. The predicted molar refractivity (Wildman–Crippen MR) is 45.4 cm³/mol. The lowest BCUT2D eigenvalue weighted by atomic mass is 10.3. The zero-order chi connectivity index (χ0) is 9.90. The van der Waals surface area contributed by atoms with Crippen molar-refractivity contribution in [3.63, 3.8) is 0 Å². The van der Waals surface area contributed by atoms with Crippen LogP contribution < -0.4 is 0 Å². The van der Waals surface area contributed by atoms with E-state index in [2.05, 4.69) is 0 Å². The molecule has 13 heavy (non-hydrogen) atoms. The standard InChI is InChI=1S/C8H7F3OS/c9-8(10,11)7(12)4-3-6-2-1-5-13-6/h1-5,7,12H/b4-3+. The highest BCUT2D eigenvalue weighted by atomic mass is 32.1. The van der Waals surface area contributed by atoms with Gasteiger partial charge in [0.25, 0.3) is 0 Å². The maximum atomic E-state index is 11.8. The summed E-state index contributed by atoms with van der Waals surface area (Å²) in [5, 5.41) is 10.3. The van der Waals surface area contributed by atoms with E-state index in [1.54, 1.807) is 17.5 Å². The van der Waals surface area contributed by atoms with Gasteiger partial charge in [-0.15, -0.1) is 11.3 Å². The van der Waals surface area contributed by atoms with Crippen molar-refractivity contribution in [1.29, 1.82) is 0 Å². The van der Waals surface area contributed by atoms with Gasteiger partial charge in [0.15, 0.2) is 6.10 Å². The Kier molecular flexibility index (Phi) is 3.11. The fraction of sp³-hybridized carbons (Fsp3) is 0.250. The Morgan fingerprint density at radius 1 is 1.46 bits per heavy atom. The average molecular weight is 208 g/mol. The Labute approximate surface area is 77.1 Å². The second-order valence-electron chi connectivity index (χ2n) is 2.36. The highest BCUT2D eigenvalue weighted by Gasteiger charge is 2.36. The quantitative estimate of drug-likeness (QED) is 0.792. The molecule has 0 fully saturated rings. The van der Waals surface area contributed by atoms with Crippen molar-refractivity contribution < 1.29 is 18.3 Å². The third-order valence-corrected chi connectivity index (χ3v) is 2.16. The van der Waals surface area contributed by atoms with Gasteiger partial charge in [-0.3, -0.25) is 0 Å². The molecule has 1 rings (SSSR count). The lowest BCUT2D eigenvalue weighted by Crippen LogP contribution is -2.25. The fourth-order valence-corrected chi connectivity index (χ4v) is 1.31. The molecule has 0 aliphatic heterocycles. The van der Waals surface area contributed by atoms with Crippen molar-refractivity contribution in [1.82, 2.24) is 0 Å². The number of thiophene rings is 1. The number of alkyl halides is 3. The summed E-state index contributed by atoms with van der Waals surface area (Å²) in [6.45, 7) is 0. The third kappa shape index (κ3) is 3.20. The minimum absolute atomic E-state index is 0.684. The molecule has 1 atom stereocenters. The van der Waals surface area contributed by atoms with E-state index >= 15 is 0 Å². The highest BCUT2D eigenvalue weighted by molar-refractivity contribution is 7.10. The van der Waals surface area contributed by atoms with Crippen molar-refractivity contribution in [2.24, 2.45) is 0 Å². The Hall–Kier alpha value is -0.810. The summed E-state index contributed by atoms with van der Waals surface area (Å²) in [4.78, 5) is 0.684.